The molecule has 0 N–H and O–H groups in total. The fourth-order valence-electron chi connectivity index (χ4n) is 1.88. The minimum Gasteiger partial charge on any atom is -0.475 e. The third kappa shape index (κ3) is 4.27. The van der Waals surface area contributed by atoms with E-state index in [-0.39, 0.29) is 12.0 Å². The van der Waals surface area contributed by atoms with Crippen LogP contribution in [-0.4, -0.2) is 33.9 Å². The summed E-state index contributed by atoms with van der Waals surface area (Å²) in [5.74, 6) is 0.443. The van der Waals surface area contributed by atoms with Crippen molar-refractivity contribution < 1.29 is 9.53 Å². The highest BCUT2D eigenvalue weighted by atomic mass is 16.5. The molecule has 0 saturated carbocycles. The molecule has 0 spiro atoms. The van der Waals surface area contributed by atoms with Crippen molar-refractivity contribution >= 4 is 5.91 Å². The van der Waals surface area contributed by atoms with Crippen molar-refractivity contribution in [3.05, 3.63) is 54.0 Å². The molecule has 0 aliphatic heterocycles. The topological polar surface area (TPSA) is 55.3 Å². The second kappa shape index (κ2) is 6.83. The first-order chi connectivity index (χ1) is 10.1. The smallest absolute Gasteiger partial charge is 0.255 e. The lowest BCUT2D eigenvalue weighted by Gasteiger charge is -2.17. The van der Waals surface area contributed by atoms with Crippen LogP contribution in [0.3, 0.4) is 0 Å². The lowest BCUT2D eigenvalue weighted by atomic mass is 10.2. The zero-order valence-corrected chi connectivity index (χ0v) is 12.5. The van der Waals surface area contributed by atoms with Crippen LogP contribution in [-0.2, 0) is 6.54 Å². The summed E-state index contributed by atoms with van der Waals surface area (Å²) in [6, 6.07) is 7.24. The lowest BCUT2D eigenvalue weighted by molar-refractivity contribution is 0.0784. The summed E-state index contributed by atoms with van der Waals surface area (Å²) in [6.07, 6.45) is 5.07. The van der Waals surface area contributed by atoms with Gasteiger partial charge in [0.05, 0.1) is 11.7 Å². The molecule has 2 heterocycles. The molecule has 0 aromatic carbocycles. The number of carbonyl (C=O) groups is 1. The molecule has 1 amide bonds. The van der Waals surface area contributed by atoms with E-state index in [4.69, 9.17) is 4.74 Å². The molecule has 2 aromatic heterocycles. The molecule has 0 aliphatic carbocycles. The van der Waals surface area contributed by atoms with Crippen molar-refractivity contribution in [3.63, 3.8) is 0 Å². The van der Waals surface area contributed by atoms with Gasteiger partial charge in [-0.1, -0.05) is 6.07 Å². The van der Waals surface area contributed by atoms with Crippen LogP contribution in [0.5, 0.6) is 5.88 Å². The van der Waals surface area contributed by atoms with Crippen molar-refractivity contribution in [2.45, 2.75) is 26.5 Å². The van der Waals surface area contributed by atoms with Gasteiger partial charge in [0.2, 0.25) is 5.88 Å². The van der Waals surface area contributed by atoms with Crippen LogP contribution in [0.25, 0.3) is 0 Å². The summed E-state index contributed by atoms with van der Waals surface area (Å²) in [6.45, 7) is 4.38. The van der Waals surface area contributed by atoms with Crippen LogP contribution < -0.4 is 4.74 Å². The van der Waals surface area contributed by atoms with Gasteiger partial charge in [0.15, 0.2) is 0 Å². The number of rotatable bonds is 5. The summed E-state index contributed by atoms with van der Waals surface area (Å²) in [7, 11) is 1.76. The van der Waals surface area contributed by atoms with E-state index in [0.29, 0.717) is 18.0 Å². The van der Waals surface area contributed by atoms with Crippen LogP contribution in [0, 0.1) is 0 Å². The van der Waals surface area contributed by atoms with Gasteiger partial charge in [0, 0.05) is 38.2 Å². The monoisotopic (exact) mass is 285 g/mol. The van der Waals surface area contributed by atoms with Gasteiger partial charge >= 0.3 is 0 Å². The Labute approximate surface area is 124 Å². The molecule has 0 bridgehead atoms. The second-order valence-corrected chi connectivity index (χ2v) is 5.07. The Morgan fingerprint density at radius 1 is 1.29 bits per heavy atom. The van der Waals surface area contributed by atoms with Crippen LogP contribution in [0.2, 0.25) is 0 Å². The van der Waals surface area contributed by atoms with Gasteiger partial charge in [-0.15, -0.1) is 0 Å². The van der Waals surface area contributed by atoms with Crippen molar-refractivity contribution in [2.24, 2.45) is 0 Å². The van der Waals surface area contributed by atoms with Gasteiger partial charge < -0.3 is 9.64 Å². The highest BCUT2D eigenvalue weighted by Gasteiger charge is 2.13. The van der Waals surface area contributed by atoms with E-state index in [2.05, 4.69) is 9.97 Å². The van der Waals surface area contributed by atoms with Crippen LogP contribution >= 0.6 is 0 Å². The molecule has 2 aromatic rings. The fourth-order valence-corrected chi connectivity index (χ4v) is 1.88. The van der Waals surface area contributed by atoms with E-state index in [1.807, 2.05) is 26.0 Å². The van der Waals surface area contributed by atoms with Gasteiger partial charge in [-0.2, -0.15) is 0 Å². The molecule has 2 rings (SSSR count). The van der Waals surface area contributed by atoms with Gasteiger partial charge in [-0.25, -0.2) is 4.98 Å². The summed E-state index contributed by atoms with van der Waals surface area (Å²) >= 11 is 0. The SMILES string of the molecule is CC(C)Oc1ccc(C(=O)N(C)Cc2cccnc2)cn1. The van der Waals surface area contributed by atoms with Crippen molar-refractivity contribution in [2.75, 3.05) is 7.05 Å². The number of ether oxygens (including phenoxy) is 1. The van der Waals surface area contributed by atoms with Crippen LogP contribution in [0.15, 0.2) is 42.9 Å². The van der Waals surface area contributed by atoms with E-state index in [9.17, 15) is 4.79 Å². The Kier molecular flexibility index (Phi) is 4.87. The molecule has 0 radical (unpaired) electrons. The Bertz CT molecular complexity index is 582. The van der Waals surface area contributed by atoms with Gasteiger partial charge in [-0.3, -0.25) is 9.78 Å². The zero-order valence-electron chi connectivity index (χ0n) is 12.5. The zero-order chi connectivity index (χ0) is 15.2. The molecule has 5 nitrogen and oxygen atoms in total. The summed E-state index contributed by atoms with van der Waals surface area (Å²) in [5, 5.41) is 0. The summed E-state index contributed by atoms with van der Waals surface area (Å²) in [5.41, 5.74) is 1.53. The van der Waals surface area contributed by atoms with E-state index in [1.165, 1.54) is 0 Å². The van der Waals surface area contributed by atoms with Gasteiger partial charge in [-0.05, 0) is 31.5 Å². The molecule has 0 fully saturated rings. The van der Waals surface area contributed by atoms with Gasteiger partial charge in [0.25, 0.3) is 5.91 Å². The third-order valence-corrected chi connectivity index (χ3v) is 2.83. The Balaban J connectivity index is 2.02. The van der Waals surface area contributed by atoms with E-state index in [1.54, 1.807) is 42.7 Å². The number of hydrogen-bond donors (Lipinski definition) is 0. The molecule has 21 heavy (non-hydrogen) atoms. The quantitative estimate of drug-likeness (QED) is 0.847. The average Bonchev–Trinajstić information content (AvgIpc) is 2.47. The minimum absolute atomic E-state index is 0.0623. The largest absolute Gasteiger partial charge is 0.475 e. The van der Waals surface area contributed by atoms with Crippen LogP contribution in [0.4, 0.5) is 0 Å². The first-order valence-electron chi connectivity index (χ1n) is 6.83. The number of amides is 1. The predicted octanol–water partition coefficient (Wildman–Crippen LogP) is 2.54. The maximum absolute atomic E-state index is 12.3. The average molecular weight is 285 g/mol. The third-order valence-electron chi connectivity index (χ3n) is 2.83. The minimum atomic E-state index is -0.0811. The van der Waals surface area contributed by atoms with Crippen LogP contribution in [0.1, 0.15) is 29.8 Å². The highest BCUT2D eigenvalue weighted by molar-refractivity contribution is 5.93. The molecule has 110 valence electrons. The highest BCUT2D eigenvalue weighted by Crippen LogP contribution is 2.12. The maximum Gasteiger partial charge on any atom is 0.255 e. The molecule has 0 saturated heterocycles. The van der Waals surface area contributed by atoms with Crippen molar-refractivity contribution in [1.29, 1.82) is 0 Å². The number of nitrogens with zero attached hydrogens (tertiary/aromatic N) is 3. The van der Waals surface area contributed by atoms with Crippen molar-refractivity contribution in [3.8, 4) is 5.88 Å². The van der Waals surface area contributed by atoms with E-state index >= 15 is 0 Å². The standard InChI is InChI=1S/C16H19N3O2/c1-12(2)21-15-7-6-14(10-18-15)16(20)19(3)11-13-5-4-8-17-9-13/h4-10,12H,11H2,1-3H3. The summed E-state index contributed by atoms with van der Waals surface area (Å²) in [4.78, 5) is 22.1. The Morgan fingerprint density at radius 3 is 2.67 bits per heavy atom. The molecule has 0 aliphatic rings. The molecule has 0 atom stereocenters. The Hall–Kier alpha value is -2.43. The fraction of sp³-hybridized carbons (Fsp3) is 0.312. The molecular weight excluding hydrogens is 266 g/mol. The second-order valence-electron chi connectivity index (χ2n) is 5.07. The molecule has 0 unspecified atom stereocenters. The van der Waals surface area contributed by atoms with E-state index in [0.717, 1.165) is 5.56 Å². The number of pyridine rings is 2. The van der Waals surface area contributed by atoms with Crippen molar-refractivity contribution in [1.82, 2.24) is 14.9 Å². The van der Waals surface area contributed by atoms with Gasteiger partial charge in [0.1, 0.15) is 0 Å². The number of aromatic nitrogens is 2. The number of hydrogen-bond acceptors (Lipinski definition) is 4. The maximum atomic E-state index is 12.3. The summed E-state index contributed by atoms with van der Waals surface area (Å²) < 4.78 is 5.46. The normalized spacial score (nSPS) is 10.5. The predicted molar refractivity (Wildman–Crippen MR) is 80.0 cm³/mol. The lowest BCUT2D eigenvalue weighted by Crippen LogP contribution is -2.26. The molecule has 5 heteroatoms. The first kappa shape index (κ1) is 15.0. The molecular formula is C16H19N3O2. The first-order valence-corrected chi connectivity index (χ1v) is 6.83. The number of carbonyl (C=O) groups excluding carboxylic acids is 1. The van der Waals surface area contributed by atoms with E-state index < -0.39 is 0 Å². The Morgan fingerprint density at radius 2 is 2.10 bits per heavy atom.